The van der Waals surface area contributed by atoms with Crippen LogP contribution in [-0.2, 0) is 0 Å². The third-order valence-electron chi connectivity index (χ3n) is 1.28. The van der Waals surface area contributed by atoms with Crippen molar-refractivity contribution in [2.45, 2.75) is 6.92 Å². The van der Waals surface area contributed by atoms with Gasteiger partial charge in [0.2, 0.25) is 0 Å². The molecule has 0 fully saturated rings. The van der Waals surface area contributed by atoms with Gasteiger partial charge in [0.05, 0.1) is 16.4 Å². The molecule has 2 heteroatoms. The third kappa shape index (κ3) is 1.74. The Kier molecular flexibility index (Phi) is 2.16. The lowest BCUT2D eigenvalue weighted by molar-refractivity contribution is 1.04. The predicted octanol–water partition coefficient (Wildman–Crippen LogP) is 0.162. The number of rotatable bonds is 1. The van der Waals surface area contributed by atoms with Gasteiger partial charge in [-0.3, -0.25) is 4.98 Å². The highest BCUT2D eigenvalue weighted by Crippen LogP contribution is 1.76. The van der Waals surface area contributed by atoms with Gasteiger partial charge in [-0.15, -0.1) is 0 Å². The molecule has 1 heterocycles. The van der Waals surface area contributed by atoms with Gasteiger partial charge >= 0.3 is 0 Å². The fraction of sp³-hybridized carbons (Fsp3) is 0.111. The van der Waals surface area contributed by atoms with Crippen LogP contribution >= 0.6 is 0 Å². The van der Waals surface area contributed by atoms with Crippen LogP contribution in [0.25, 0.3) is 12.7 Å². The summed E-state index contributed by atoms with van der Waals surface area (Å²) in [6, 6.07) is 0. The highest BCUT2D eigenvalue weighted by atomic mass is 14.8. The number of allylic oxidation sites excluding steroid dienone is 1. The van der Waals surface area contributed by atoms with Crippen LogP contribution in [0.3, 0.4) is 0 Å². The molecule has 0 aromatic carbocycles. The van der Waals surface area contributed by atoms with Crippen LogP contribution in [0.2, 0.25) is 0 Å². The Morgan fingerprint density at radius 3 is 2.91 bits per heavy atom. The van der Waals surface area contributed by atoms with Gasteiger partial charge in [-0.2, -0.15) is 0 Å². The van der Waals surface area contributed by atoms with E-state index in [9.17, 15) is 0 Å². The van der Waals surface area contributed by atoms with Gasteiger partial charge in [-0.25, -0.2) is 4.98 Å². The molecule has 0 atom stereocenters. The molecule has 11 heavy (non-hydrogen) atoms. The van der Waals surface area contributed by atoms with Crippen LogP contribution in [0.4, 0.5) is 0 Å². The molecular weight excluding hydrogens is 136 g/mol. The number of nitrogens with zero attached hydrogens (tertiary/aromatic N) is 2. The van der Waals surface area contributed by atoms with Crippen molar-refractivity contribution >= 4 is 12.7 Å². The average Bonchev–Trinajstić information content (AvgIpc) is 1.98. The van der Waals surface area contributed by atoms with Crippen LogP contribution in [0.1, 0.15) is 5.69 Å². The van der Waals surface area contributed by atoms with Crippen LogP contribution in [0.5, 0.6) is 0 Å². The van der Waals surface area contributed by atoms with E-state index in [-0.39, 0.29) is 0 Å². The molecule has 1 rings (SSSR count). The summed E-state index contributed by atoms with van der Waals surface area (Å²) >= 11 is 0. The third-order valence-corrected chi connectivity index (χ3v) is 1.28. The minimum Gasteiger partial charge on any atom is -0.253 e. The molecular formula is C9H10N2. The number of hydrogen-bond acceptors (Lipinski definition) is 2. The summed E-state index contributed by atoms with van der Waals surface area (Å²) in [4.78, 5) is 8.26. The summed E-state index contributed by atoms with van der Waals surface area (Å²) in [5.41, 5.74) is 0.894. The lowest BCUT2D eigenvalue weighted by Gasteiger charge is -1.89. The SMILES string of the molecule is C=C/C=c1/nc(C)cnc1=C. The van der Waals surface area contributed by atoms with E-state index in [0.717, 1.165) is 11.0 Å². The standard InChI is InChI=1S/C9H10N2/c1-4-5-9-8(3)10-6-7(2)11-9/h4-6H,1,3H2,2H3/b9-5+. The van der Waals surface area contributed by atoms with Crippen LogP contribution in [0, 0.1) is 6.92 Å². The van der Waals surface area contributed by atoms with Gasteiger partial charge in [-0.05, 0) is 13.0 Å². The summed E-state index contributed by atoms with van der Waals surface area (Å²) in [6.07, 6.45) is 5.17. The molecule has 0 aliphatic carbocycles. The molecule has 0 saturated heterocycles. The van der Waals surface area contributed by atoms with Crippen molar-refractivity contribution in [1.82, 2.24) is 9.97 Å². The molecule has 0 amide bonds. The Morgan fingerprint density at radius 1 is 1.55 bits per heavy atom. The molecule has 0 aliphatic heterocycles. The lowest BCUT2D eigenvalue weighted by Crippen LogP contribution is -2.30. The Hall–Kier alpha value is -1.44. The zero-order valence-electron chi connectivity index (χ0n) is 6.54. The van der Waals surface area contributed by atoms with Crippen LogP contribution < -0.4 is 10.7 Å². The molecule has 56 valence electrons. The molecule has 0 saturated carbocycles. The van der Waals surface area contributed by atoms with Crippen molar-refractivity contribution in [2.24, 2.45) is 0 Å². The van der Waals surface area contributed by atoms with Crippen LogP contribution in [-0.4, -0.2) is 9.97 Å². The van der Waals surface area contributed by atoms with E-state index in [4.69, 9.17) is 0 Å². The summed E-state index contributed by atoms with van der Waals surface area (Å²) in [7, 11) is 0. The smallest absolute Gasteiger partial charge is 0.0883 e. The molecule has 1 aromatic rings. The predicted molar refractivity (Wildman–Crippen MR) is 46.2 cm³/mol. The highest BCUT2D eigenvalue weighted by Gasteiger charge is 1.85. The summed E-state index contributed by atoms with van der Waals surface area (Å²) in [5.74, 6) is 0. The first-order chi connectivity index (χ1) is 5.24. The van der Waals surface area contributed by atoms with E-state index < -0.39 is 0 Å². The normalized spacial score (nSPS) is 11.5. The van der Waals surface area contributed by atoms with Crippen molar-refractivity contribution < 1.29 is 0 Å². The summed E-state index contributed by atoms with van der Waals surface area (Å²) < 4.78 is 0. The fourth-order valence-corrected chi connectivity index (χ4v) is 0.766. The second kappa shape index (κ2) is 3.10. The quantitative estimate of drug-likeness (QED) is 0.564. The molecule has 0 N–H and O–H groups in total. The van der Waals surface area contributed by atoms with E-state index in [0.29, 0.717) is 5.35 Å². The number of hydrogen-bond donors (Lipinski definition) is 0. The zero-order valence-corrected chi connectivity index (χ0v) is 6.54. The Labute approximate surface area is 65.6 Å². The van der Waals surface area contributed by atoms with Gasteiger partial charge in [-0.1, -0.05) is 19.2 Å². The zero-order chi connectivity index (χ0) is 8.27. The molecule has 2 nitrogen and oxygen atoms in total. The maximum absolute atomic E-state index is 4.21. The summed E-state index contributed by atoms with van der Waals surface area (Å²) in [5, 5.41) is 1.48. The van der Waals surface area contributed by atoms with E-state index >= 15 is 0 Å². The van der Waals surface area contributed by atoms with Crippen molar-refractivity contribution in [3.8, 4) is 0 Å². The summed E-state index contributed by atoms with van der Waals surface area (Å²) in [6.45, 7) is 9.20. The number of aromatic nitrogens is 2. The molecule has 0 spiro atoms. The first kappa shape index (κ1) is 7.66. The van der Waals surface area contributed by atoms with Gasteiger partial charge in [0.15, 0.2) is 0 Å². The van der Waals surface area contributed by atoms with E-state index in [2.05, 4.69) is 23.1 Å². The maximum Gasteiger partial charge on any atom is 0.0883 e. The Balaban J connectivity index is 3.47. The van der Waals surface area contributed by atoms with E-state index in [1.54, 1.807) is 18.3 Å². The Morgan fingerprint density at radius 2 is 2.27 bits per heavy atom. The minimum absolute atomic E-state index is 0.690. The first-order valence-corrected chi connectivity index (χ1v) is 3.35. The minimum atomic E-state index is 0.690. The first-order valence-electron chi connectivity index (χ1n) is 3.35. The molecule has 0 aliphatic rings. The largest absolute Gasteiger partial charge is 0.253 e. The van der Waals surface area contributed by atoms with Crippen molar-refractivity contribution in [1.29, 1.82) is 0 Å². The lowest BCUT2D eigenvalue weighted by atomic mass is 10.4. The second-order valence-electron chi connectivity index (χ2n) is 2.25. The van der Waals surface area contributed by atoms with Gasteiger partial charge < -0.3 is 0 Å². The van der Waals surface area contributed by atoms with E-state index in [1.807, 2.05) is 6.92 Å². The fourth-order valence-electron chi connectivity index (χ4n) is 0.766. The topological polar surface area (TPSA) is 25.8 Å². The molecule has 0 radical (unpaired) electrons. The molecule has 0 unspecified atom stereocenters. The van der Waals surface area contributed by atoms with Gasteiger partial charge in [0.25, 0.3) is 0 Å². The van der Waals surface area contributed by atoms with Gasteiger partial charge in [0, 0.05) is 6.20 Å². The second-order valence-corrected chi connectivity index (χ2v) is 2.25. The Bertz CT molecular complexity index is 366. The maximum atomic E-state index is 4.21. The van der Waals surface area contributed by atoms with Crippen LogP contribution in [0.15, 0.2) is 18.9 Å². The monoisotopic (exact) mass is 146 g/mol. The van der Waals surface area contributed by atoms with Crippen molar-refractivity contribution in [2.75, 3.05) is 0 Å². The van der Waals surface area contributed by atoms with E-state index in [1.165, 1.54) is 0 Å². The average molecular weight is 146 g/mol. The van der Waals surface area contributed by atoms with Crippen molar-refractivity contribution in [3.05, 3.63) is 35.2 Å². The molecule has 0 bridgehead atoms. The van der Waals surface area contributed by atoms with Gasteiger partial charge in [0.1, 0.15) is 0 Å². The van der Waals surface area contributed by atoms with Crippen molar-refractivity contribution in [3.63, 3.8) is 0 Å². The number of aryl methyl sites for hydroxylation is 1. The molecule has 1 aromatic heterocycles. The highest BCUT2D eigenvalue weighted by molar-refractivity contribution is 5.32.